The van der Waals surface area contributed by atoms with Crippen molar-refractivity contribution < 1.29 is 18.7 Å². The Hall–Kier alpha value is -1.82. The monoisotopic (exact) mass is 266 g/mol. The summed E-state index contributed by atoms with van der Waals surface area (Å²) in [5.41, 5.74) is 0. The maximum atomic E-state index is 12.1. The molecule has 0 radical (unpaired) electrons. The average Bonchev–Trinajstić information content (AvgIpc) is 2.82. The van der Waals surface area contributed by atoms with Crippen LogP contribution in [0.1, 0.15) is 17.0 Å². The Morgan fingerprint density at radius 3 is 2.68 bits per heavy atom. The highest BCUT2D eigenvalue weighted by atomic mass is 16.5. The van der Waals surface area contributed by atoms with Crippen LogP contribution in [0.4, 0.5) is 0 Å². The van der Waals surface area contributed by atoms with E-state index < -0.39 is 0 Å². The summed E-state index contributed by atoms with van der Waals surface area (Å²) in [6.45, 7) is 2.44. The van der Waals surface area contributed by atoms with Crippen LogP contribution in [-0.4, -0.2) is 61.5 Å². The van der Waals surface area contributed by atoms with Gasteiger partial charge in [0.15, 0.2) is 5.76 Å². The Balaban J connectivity index is 1.93. The smallest absolute Gasteiger partial charge is 0.289 e. The molecule has 0 unspecified atom stereocenters. The van der Waals surface area contributed by atoms with E-state index >= 15 is 0 Å². The fourth-order valence-electron chi connectivity index (χ4n) is 2.14. The number of ether oxygens (including phenoxy) is 1. The molecule has 6 nitrogen and oxygen atoms in total. The standard InChI is InChI=1S/C13H18N2O4/c1-18-10-12(16)14-5-3-6-15(8-7-14)13(17)11-4-2-9-19-11/h2,4,9H,3,5-8,10H2,1H3. The summed E-state index contributed by atoms with van der Waals surface area (Å²) in [6, 6.07) is 3.35. The van der Waals surface area contributed by atoms with E-state index in [1.54, 1.807) is 21.9 Å². The minimum atomic E-state index is -0.119. The number of hydrogen-bond acceptors (Lipinski definition) is 4. The first kappa shape index (κ1) is 13.6. The molecule has 0 saturated carbocycles. The summed E-state index contributed by atoms with van der Waals surface area (Å²) in [6.07, 6.45) is 2.25. The highest BCUT2D eigenvalue weighted by molar-refractivity contribution is 5.91. The van der Waals surface area contributed by atoms with E-state index in [1.807, 2.05) is 0 Å². The zero-order valence-electron chi connectivity index (χ0n) is 11.0. The average molecular weight is 266 g/mol. The Kier molecular flexibility index (Phi) is 4.57. The molecule has 0 spiro atoms. The second-order valence-corrected chi connectivity index (χ2v) is 4.44. The molecule has 19 heavy (non-hydrogen) atoms. The van der Waals surface area contributed by atoms with Crippen molar-refractivity contribution in [1.82, 2.24) is 9.80 Å². The number of carbonyl (C=O) groups excluding carboxylic acids is 2. The first-order valence-corrected chi connectivity index (χ1v) is 6.32. The summed E-state index contributed by atoms with van der Waals surface area (Å²) >= 11 is 0. The van der Waals surface area contributed by atoms with E-state index in [-0.39, 0.29) is 18.4 Å². The van der Waals surface area contributed by atoms with Crippen molar-refractivity contribution >= 4 is 11.8 Å². The lowest BCUT2D eigenvalue weighted by Crippen LogP contribution is -2.38. The van der Waals surface area contributed by atoms with Crippen LogP contribution in [0.25, 0.3) is 0 Å². The van der Waals surface area contributed by atoms with E-state index in [4.69, 9.17) is 9.15 Å². The van der Waals surface area contributed by atoms with Gasteiger partial charge in [-0.3, -0.25) is 9.59 Å². The summed E-state index contributed by atoms with van der Waals surface area (Å²) in [5, 5.41) is 0. The molecule has 0 aromatic carbocycles. The van der Waals surface area contributed by atoms with E-state index in [1.165, 1.54) is 13.4 Å². The molecule has 2 amide bonds. The van der Waals surface area contributed by atoms with E-state index in [0.29, 0.717) is 31.9 Å². The Labute approximate surface area is 111 Å². The molecule has 0 N–H and O–H groups in total. The number of nitrogens with zero attached hydrogens (tertiary/aromatic N) is 2. The quantitative estimate of drug-likeness (QED) is 0.803. The minimum Gasteiger partial charge on any atom is -0.459 e. The summed E-state index contributed by atoms with van der Waals surface area (Å²) in [4.78, 5) is 27.3. The van der Waals surface area contributed by atoms with Crippen LogP contribution < -0.4 is 0 Å². The zero-order chi connectivity index (χ0) is 13.7. The maximum absolute atomic E-state index is 12.1. The van der Waals surface area contributed by atoms with Gasteiger partial charge in [0.1, 0.15) is 6.61 Å². The third-order valence-corrected chi connectivity index (χ3v) is 3.14. The van der Waals surface area contributed by atoms with Gasteiger partial charge in [0.05, 0.1) is 6.26 Å². The SMILES string of the molecule is COCC(=O)N1CCCN(C(=O)c2ccco2)CC1. The van der Waals surface area contributed by atoms with Crippen LogP contribution in [-0.2, 0) is 9.53 Å². The first-order valence-electron chi connectivity index (χ1n) is 6.32. The molecule has 1 aliphatic heterocycles. The normalized spacial score (nSPS) is 16.3. The predicted octanol–water partition coefficient (Wildman–Crippen LogP) is 0.600. The van der Waals surface area contributed by atoms with Gasteiger partial charge in [0.25, 0.3) is 5.91 Å². The van der Waals surface area contributed by atoms with Gasteiger partial charge >= 0.3 is 0 Å². The molecule has 2 heterocycles. The van der Waals surface area contributed by atoms with Crippen molar-refractivity contribution in [2.75, 3.05) is 39.9 Å². The fourth-order valence-corrected chi connectivity index (χ4v) is 2.14. The number of amides is 2. The molecule has 2 rings (SSSR count). The van der Waals surface area contributed by atoms with Gasteiger partial charge in [-0.05, 0) is 18.6 Å². The fraction of sp³-hybridized carbons (Fsp3) is 0.538. The first-order chi connectivity index (χ1) is 9.22. The van der Waals surface area contributed by atoms with Crippen molar-refractivity contribution in [2.24, 2.45) is 0 Å². The Morgan fingerprint density at radius 1 is 1.26 bits per heavy atom. The second-order valence-electron chi connectivity index (χ2n) is 4.44. The van der Waals surface area contributed by atoms with Gasteiger partial charge in [-0.1, -0.05) is 0 Å². The van der Waals surface area contributed by atoms with Gasteiger partial charge in [0, 0.05) is 33.3 Å². The van der Waals surface area contributed by atoms with E-state index in [9.17, 15) is 9.59 Å². The molecular formula is C13H18N2O4. The molecule has 1 aromatic heterocycles. The van der Waals surface area contributed by atoms with Crippen molar-refractivity contribution in [3.63, 3.8) is 0 Å². The Bertz CT molecular complexity index is 430. The van der Waals surface area contributed by atoms with Gasteiger partial charge in [0.2, 0.25) is 5.91 Å². The van der Waals surface area contributed by atoms with Crippen LogP contribution in [0, 0.1) is 0 Å². The van der Waals surface area contributed by atoms with Crippen LogP contribution in [0.3, 0.4) is 0 Å². The number of rotatable bonds is 3. The van der Waals surface area contributed by atoms with Crippen molar-refractivity contribution in [3.8, 4) is 0 Å². The van der Waals surface area contributed by atoms with Crippen LogP contribution >= 0.6 is 0 Å². The molecule has 1 aliphatic rings. The third-order valence-electron chi connectivity index (χ3n) is 3.14. The lowest BCUT2D eigenvalue weighted by molar-refractivity contribution is -0.135. The van der Waals surface area contributed by atoms with Crippen LogP contribution in [0.2, 0.25) is 0 Å². The molecular weight excluding hydrogens is 248 g/mol. The predicted molar refractivity (Wildman–Crippen MR) is 67.7 cm³/mol. The largest absolute Gasteiger partial charge is 0.459 e. The number of carbonyl (C=O) groups is 2. The topological polar surface area (TPSA) is 63.0 Å². The number of methoxy groups -OCH3 is 1. The van der Waals surface area contributed by atoms with Gasteiger partial charge in [-0.15, -0.1) is 0 Å². The maximum Gasteiger partial charge on any atom is 0.289 e. The Morgan fingerprint density at radius 2 is 2.00 bits per heavy atom. The molecule has 6 heteroatoms. The van der Waals surface area contributed by atoms with Crippen molar-refractivity contribution in [3.05, 3.63) is 24.2 Å². The molecule has 0 bridgehead atoms. The third kappa shape index (κ3) is 3.35. The van der Waals surface area contributed by atoms with Crippen LogP contribution in [0.15, 0.2) is 22.8 Å². The van der Waals surface area contributed by atoms with Crippen LogP contribution in [0.5, 0.6) is 0 Å². The van der Waals surface area contributed by atoms with Gasteiger partial charge in [-0.2, -0.15) is 0 Å². The number of hydrogen-bond donors (Lipinski definition) is 0. The molecule has 1 fully saturated rings. The van der Waals surface area contributed by atoms with Crippen molar-refractivity contribution in [1.29, 1.82) is 0 Å². The molecule has 104 valence electrons. The van der Waals surface area contributed by atoms with Crippen molar-refractivity contribution in [2.45, 2.75) is 6.42 Å². The zero-order valence-corrected chi connectivity index (χ0v) is 11.0. The molecule has 1 saturated heterocycles. The lowest BCUT2D eigenvalue weighted by atomic mass is 10.3. The molecule has 1 aromatic rings. The minimum absolute atomic E-state index is 0.0326. The lowest BCUT2D eigenvalue weighted by Gasteiger charge is -2.21. The highest BCUT2D eigenvalue weighted by Crippen LogP contribution is 2.10. The highest BCUT2D eigenvalue weighted by Gasteiger charge is 2.23. The summed E-state index contributed by atoms with van der Waals surface area (Å²) in [5.74, 6) is 0.192. The number of furan rings is 1. The molecule has 0 aliphatic carbocycles. The molecule has 0 atom stereocenters. The van der Waals surface area contributed by atoms with Gasteiger partial charge < -0.3 is 19.0 Å². The van der Waals surface area contributed by atoms with E-state index in [0.717, 1.165) is 6.42 Å². The summed E-state index contributed by atoms with van der Waals surface area (Å²) < 4.78 is 9.95. The second kappa shape index (κ2) is 6.38. The van der Waals surface area contributed by atoms with Gasteiger partial charge in [-0.25, -0.2) is 0 Å². The van der Waals surface area contributed by atoms with E-state index in [2.05, 4.69) is 0 Å². The summed E-state index contributed by atoms with van der Waals surface area (Å²) in [7, 11) is 1.50.